The van der Waals surface area contributed by atoms with Crippen molar-refractivity contribution >= 4 is 16.0 Å². The maximum absolute atomic E-state index is 13.4. The molecule has 144 valence electrons. The predicted molar refractivity (Wildman–Crippen MR) is 97.0 cm³/mol. The van der Waals surface area contributed by atoms with Crippen molar-refractivity contribution in [1.82, 2.24) is 9.21 Å². The molecule has 0 aliphatic carbocycles. The number of carboxylic acids is 1. The van der Waals surface area contributed by atoms with Crippen molar-refractivity contribution in [1.29, 1.82) is 0 Å². The van der Waals surface area contributed by atoms with E-state index in [1.807, 2.05) is 0 Å². The molecule has 0 aromatic heterocycles. The van der Waals surface area contributed by atoms with E-state index >= 15 is 0 Å². The van der Waals surface area contributed by atoms with Crippen molar-refractivity contribution in [3.8, 4) is 0 Å². The van der Waals surface area contributed by atoms with E-state index < -0.39 is 16.0 Å². The number of ether oxygens (including phenoxy) is 1. The van der Waals surface area contributed by atoms with Gasteiger partial charge < -0.3 is 14.7 Å². The van der Waals surface area contributed by atoms with E-state index in [2.05, 4.69) is 11.8 Å². The third-order valence-electron chi connectivity index (χ3n) is 5.52. The maximum Gasteiger partial charge on any atom is 0.335 e. The minimum absolute atomic E-state index is 0.00434. The second-order valence-corrected chi connectivity index (χ2v) is 8.85. The first-order valence-corrected chi connectivity index (χ1v) is 10.4. The highest BCUT2D eigenvalue weighted by molar-refractivity contribution is 7.89. The van der Waals surface area contributed by atoms with Gasteiger partial charge in [0.1, 0.15) is 0 Å². The second-order valence-electron chi connectivity index (χ2n) is 7.00. The van der Waals surface area contributed by atoms with Gasteiger partial charge in [-0.25, -0.2) is 13.2 Å². The summed E-state index contributed by atoms with van der Waals surface area (Å²) < 4.78 is 34.2. The summed E-state index contributed by atoms with van der Waals surface area (Å²) in [5, 5.41) is 9.32. The lowest BCUT2D eigenvalue weighted by Gasteiger charge is -2.46. The molecule has 1 aromatic rings. The SMILES string of the molecule is CCN1CC[C@@H]2OCCN(S(=O)(=O)c3cc(C(=O)O)cc(C)c3C)[C@@H]2C1. The van der Waals surface area contributed by atoms with E-state index in [0.29, 0.717) is 24.3 Å². The summed E-state index contributed by atoms with van der Waals surface area (Å²) in [7, 11) is -3.81. The third-order valence-corrected chi connectivity index (χ3v) is 7.57. The lowest BCUT2D eigenvalue weighted by Crippen LogP contribution is -2.61. The Morgan fingerprint density at radius 1 is 1.31 bits per heavy atom. The highest BCUT2D eigenvalue weighted by atomic mass is 32.2. The molecular formula is C18H26N2O5S. The lowest BCUT2D eigenvalue weighted by atomic mass is 10.0. The Kier molecular flexibility index (Phi) is 5.39. The highest BCUT2D eigenvalue weighted by Gasteiger charge is 2.43. The number of likely N-dealkylation sites (N-methyl/N-ethyl adjacent to an activating group) is 1. The van der Waals surface area contributed by atoms with Crippen LogP contribution in [0, 0.1) is 13.8 Å². The van der Waals surface area contributed by atoms with Crippen molar-refractivity contribution in [2.45, 2.75) is 44.2 Å². The molecule has 0 amide bonds. The molecule has 0 saturated carbocycles. The number of hydrogen-bond acceptors (Lipinski definition) is 5. The zero-order valence-electron chi connectivity index (χ0n) is 15.4. The van der Waals surface area contributed by atoms with E-state index in [-0.39, 0.29) is 29.1 Å². The van der Waals surface area contributed by atoms with Gasteiger partial charge in [0, 0.05) is 19.6 Å². The highest BCUT2D eigenvalue weighted by Crippen LogP contribution is 2.31. The molecule has 0 spiro atoms. The number of carboxylic acid groups (broad SMARTS) is 1. The van der Waals surface area contributed by atoms with E-state index in [4.69, 9.17) is 4.74 Å². The Bertz CT molecular complexity index is 808. The number of rotatable bonds is 4. The maximum atomic E-state index is 13.4. The Labute approximate surface area is 154 Å². The molecule has 2 atom stereocenters. The number of likely N-dealkylation sites (tertiary alicyclic amines) is 1. The molecule has 7 nitrogen and oxygen atoms in total. The Hall–Kier alpha value is -1.48. The van der Waals surface area contributed by atoms with Crippen LogP contribution in [0.5, 0.6) is 0 Å². The molecule has 2 fully saturated rings. The smallest absolute Gasteiger partial charge is 0.335 e. The van der Waals surface area contributed by atoms with Gasteiger partial charge in [0.15, 0.2) is 0 Å². The molecular weight excluding hydrogens is 356 g/mol. The number of fused-ring (bicyclic) bond motifs is 1. The first kappa shape index (κ1) is 19.3. The normalized spacial score (nSPS) is 25.0. The van der Waals surface area contributed by atoms with Crippen molar-refractivity contribution in [3.63, 3.8) is 0 Å². The number of piperidine rings is 1. The largest absolute Gasteiger partial charge is 0.478 e. The average Bonchev–Trinajstić information content (AvgIpc) is 2.62. The molecule has 1 aromatic carbocycles. The van der Waals surface area contributed by atoms with Crippen LogP contribution in [0.25, 0.3) is 0 Å². The number of aromatic carboxylic acids is 1. The van der Waals surface area contributed by atoms with Crippen molar-refractivity contribution in [2.24, 2.45) is 0 Å². The van der Waals surface area contributed by atoms with Crippen LogP contribution < -0.4 is 0 Å². The number of nitrogens with zero attached hydrogens (tertiary/aromatic N) is 2. The minimum Gasteiger partial charge on any atom is -0.478 e. The summed E-state index contributed by atoms with van der Waals surface area (Å²) in [5.41, 5.74) is 1.25. The van der Waals surface area contributed by atoms with Gasteiger partial charge in [-0.3, -0.25) is 0 Å². The van der Waals surface area contributed by atoms with Gasteiger partial charge in [0.2, 0.25) is 10.0 Å². The first-order chi connectivity index (χ1) is 12.3. The van der Waals surface area contributed by atoms with Gasteiger partial charge in [-0.1, -0.05) is 6.92 Å². The van der Waals surface area contributed by atoms with Crippen LogP contribution in [0.2, 0.25) is 0 Å². The molecule has 1 N–H and O–H groups in total. The van der Waals surface area contributed by atoms with Gasteiger partial charge in [-0.2, -0.15) is 4.31 Å². The summed E-state index contributed by atoms with van der Waals surface area (Å²) >= 11 is 0. The zero-order valence-corrected chi connectivity index (χ0v) is 16.3. The molecule has 2 aliphatic heterocycles. The topological polar surface area (TPSA) is 87.2 Å². The van der Waals surface area contributed by atoms with Gasteiger partial charge in [0.25, 0.3) is 0 Å². The lowest BCUT2D eigenvalue weighted by molar-refractivity contribution is -0.0749. The molecule has 26 heavy (non-hydrogen) atoms. The van der Waals surface area contributed by atoms with Crippen molar-refractivity contribution in [3.05, 3.63) is 28.8 Å². The number of aryl methyl sites for hydroxylation is 1. The minimum atomic E-state index is -3.81. The Morgan fingerprint density at radius 2 is 2.04 bits per heavy atom. The number of morpholine rings is 1. The van der Waals surface area contributed by atoms with E-state index in [0.717, 1.165) is 19.5 Å². The molecule has 2 heterocycles. The van der Waals surface area contributed by atoms with Crippen LogP contribution in [-0.4, -0.2) is 73.6 Å². The molecule has 2 aliphatic rings. The van der Waals surface area contributed by atoms with Gasteiger partial charge in [0.05, 0.1) is 29.2 Å². The summed E-state index contributed by atoms with van der Waals surface area (Å²) in [4.78, 5) is 13.7. The second kappa shape index (κ2) is 7.26. The fourth-order valence-electron chi connectivity index (χ4n) is 3.84. The molecule has 0 bridgehead atoms. The Balaban J connectivity index is 2.03. The van der Waals surface area contributed by atoms with Gasteiger partial charge in [-0.15, -0.1) is 0 Å². The fraction of sp³-hybridized carbons (Fsp3) is 0.611. The van der Waals surface area contributed by atoms with Crippen LogP contribution in [-0.2, 0) is 14.8 Å². The number of carbonyl (C=O) groups is 1. The number of hydrogen-bond donors (Lipinski definition) is 1. The van der Waals surface area contributed by atoms with Gasteiger partial charge >= 0.3 is 5.97 Å². The Morgan fingerprint density at radius 3 is 2.69 bits per heavy atom. The summed E-state index contributed by atoms with van der Waals surface area (Å²) in [5.74, 6) is -1.13. The fourth-order valence-corrected chi connectivity index (χ4v) is 5.79. The summed E-state index contributed by atoms with van der Waals surface area (Å²) in [6.07, 6.45) is 0.697. The third kappa shape index (κ3) is 3.38. The van der Waals surface area contributed by atoms with Gasteiger partial charge in [-0.05, 0) is 50.1 Å². The van der Waals surface area contributed by atoms with E-state index in [1.165, 1.54) is 16.4 Å². The molecule has 0 radical (unpaired) electrons. The standard InChI is InChI=1S/C18H26N2O5S/c1-4-19-6-5-16-15(11-19)20(7-8-25-16)26(23,24)17-10-14(18(21)22)9-12(2)13(17)3/h9-10,15-16H,4-8,11H2,1-3H3,(H,21,22)/t15-,16+/m1/s1. The zero-order chi connectivity index (χ0) is 19.1. The molecule has 3 rings (SSSR count). The predicted octanol–water partition coefficient (Wildman–Crippen LogP) is 1.49. The molecule has 0 unspecified atom stereocenters. The van der Waals surface area contributed by atoms with Crippen LogP contribution in [0.3, 0.4) is 0 Å². The monoisotopic (exact) mass is 382 g/mol. The van der Waals surface area contributed by atoms with Crippen molar-refractivity contribution in [2.75, 3.05) is 32.8 Å². The van der Waals surface area contributed by atoms with E-state index in [9.17, 15) is 18.3 Å². The van der Waals surface area contributed by atoms with E-state index in [1.54, 1.807) is 13.8 Å². The molecule has 2 saturated heterocycles. The van der Waals surface area contributed by atoms with Crippen molar-refractivity contribution < 1.29 is 23.1 Å². The number of benzene rings is 1. The summed E-state index contributed by atoms with van der Waals surface area (Å²) in [6.45, 7) is 8.58. The summed E-state index contributed by atoms with van der Waals surface area (Å²) in [6, 6.07) is 2.55. The number of sulfonamides is 1. The van der Waals surface area contributed by atoms with Crippen LogP contribution in [0.15, 0.2) is 17.0 Å². The first-order valence-electron chi connectivity index (χ1n) is 8.96. The van der Waals surface area contributed by atoms with Crippen LogP contribution in [0.4, 0.5) is 0 Å². The molecule has 8 heteroatoms. The quantitative estimate of drug-likeness (QED) is 0.849. The average molecular weight is 382 g/mol. The van der Waals surface area contributed by atoms with Crippen LogP contribution in [0.1, 0.15) is 34.8 Å². The van der Waals surface area contributed by atoms with Crippen LogP contribution >= 0.6 is 0 Å².